The molecule has 1 rings (SSSR count). The van der Waals surface area contributed by atoms with Crippen LogP contribution < -0.4 is 0 Å². The number of carbonyl (C=O) groups excluding carboxylic acids is 1. The number of aromatic nitrogens is 2. The predicted octanol–water partition coefficient (Wildman–Crippen LogP) is 2.08. The van der Waals surface area contributed by atoms with Crippen molar-refractivity contribution >= 4 is 17.3 Å². The maximum absolute atomic E-state index is 11.3. The van der Waals surface area contributed by atoms with Crippen LogP contribution in [0.2, 0.25) is 0 Å². The monoisotopic (exact) mass is 182 g/mol. The van der Waals surface area contributed by atoms with Gasteiger partial charge in [-0.15, -0.1) is 11.7 Å². The van der Waals surface area contributed by atoms with Gasteiger partial charge in [0.1, 0.15) is 4.88 Å². The van der Waals surface area contributed by atoms with E-state index in [1.54, 1.807) is 0 Å². The van der Waals surface area contributed by atoms with E-state index < -0.39 is 0 Å². The highest BCUT2D eigenvalue weighted by molar-refractivity contribution is 7.07. The third kappa shape index (κ3) is 2.54. The topological polar surface area (TPSA) is 42.9 Å². The van der Waals surface area contributed by atoms with E-state index in [1.165, 1.54) is 6.20 Å². The number of hydrogen-bond donors (Lipinski definition) is 0. The molecule has 0 amide bonds. The summed E-state index contributed by atoms with van der Waals surface area (Å²) < 4.78 is 3.62. The van der Waals surface area contributed by atoms with Crippen LogP contribution in [0, 0.1) is 0 Å². The number of nitrogens with zero attached hydrogens (tertiary/aromatic N) is 2. The number of hydrogen-bond acceptors (Lipinski definition) is 4. The van der Waals surface area contributed by atoms with Crippen molar-refractivity contribution in [1.82, 2.24) is 9.59 Å². The van der Waals surface area contributed by atoms with Gasteiger partial charge in [-0.1, -0.05) is 10.6 Å². The van der Waals surface area contributed by atoms with Crippen molar-refractivity contribution in [3.05, 3.63) is 23.7 Å². The van der Waals surface area contributed by atoms with Gasteiger partial charge in [-0.2, -0.15) is 0 Å². The Hall–Kier alpha value is -1.03. The van der Waals surface area contributed by atoms with E-state index in [0.717, 1.165) is 24.4 Å². The lowest BCUT2D eigenvalue weighted by Gasteiger charge is -1.92. The molecular weight excluding hydrogens is 172 g/mol. The summed E-state index contributed by atoms with van der Waals surface area (Å²) in [6.07, 6.45) is 5.65. The summed E-state index contributed by atoms with van der Waals surface area (Å²) in [7, 11) is 0. The van der Waals surface area contributed by atoms with Gasteiger partial charge >= 0.3 is 0 Å². The zero-order valence-corrected chi connectivity index (χ0v) is 7.51. The highest BCUT2D eigenvalue weighted by atomic mass is 32.1. The Morgan fingerprint density at radius 2 is 2.58 bits per heavy atom. The molecular formula is C8H10N2OS. The molecule has 0 radical (unpaired) electrons. The molecule has 0 saturated heterocycles. The molecule has 1 aromatic rings. The molecule has 0 N–H and O–H groups in total. The molecule has 12 heavy (non-hydrogen) atoms. The Balaban J connectivity index is 2.34. The summed E-state index contributed by atoms with van der Waals surface area (Å²) in [5, 5.41) is 3.60. The summed E-state index contributed by atoms with van der Waals surface area (Å²) >= 11 is 1.15. The number of Topliss-reactive ketones (excluding diaryl/α,β-unsaturated/α-hetero) is 1. The molecule has 0 spiro atoms. The molecule has 64 valence electrons. The molecule has 1 heterocycles. The molecule has 0 saturated carbocycles. The minimum atomic E-state index is 0.131. The summed E-state index contributed by atoms with van der Waals surface area (Å²) in [5.74, 6) is 0.131. The third-order valence-corrected chi connectivity index (χ3v) is 2.15. The summed E-state index contributed by atoms with van der Waals surface area (Å²) in [5.41, 5.74) is 0. The fourth-order valence-corrected chi connectivity index (χ4v) is 1.30. The fourth-order valence-electron chi connectivity index (χ4n) is 0.820. The van der Waals surface area contributed by atoms with Crippen molar-refractivity contribution in [2.24, 2.45) is 0 Å². The second-order valence-corrected chi connectivity index (χ2v) is 3.17. The van der Waals surface area contributed by atoms with Gasteiger partial charge in [0.15, 0.2) is 5.78 Å². The average molecular weight is 182 g/mol. The van der Waals surface area contributed by atoms with Crippen molar-refractivity contribution in [1.29, 1.82) is 0 Å². The summed E-state index contributed by atoms with van der Waals surface area (Å²) in [6, 6.07) is 0. The van der Waals surface area contributed by atoms with Crippen molar-refractivity contribution in [3.63, 3.8) is 0 Å². The van der Waals surface area contributed by atoms with Crippen LogP contribution in [0.25, 0.3) is 0 Å². The van der Waals surface area contributed by atoms with Crippen molar-refractivity contribution in [2.45, 2.75) is 19.3 Å². The molecule has 0 aliphatic heterocycles. The van der Waals surface area contributed by atoms with Gasteiger partial charge < -0.3 is 0 Å². The van der Waals surface area contributed by atoms with Gasteiger partial charge in [0.05, 0.1) is 6.20 Å². The Bertz CT molecular complexity index is 256. The van der Waals surface area contributed by atoms with Crippen LogP contribution in [0.1, 0.15) is 28.9 Å². The normalized spacial score (nSPS) is 9.67. The lowest BCUT2D eigenvalue weighted by atomic mass is 10.1. The Kier molecular flexibility index (Phi) is 3.60. The van der Waals surface area contributed by atoms with Crippen LogP contribution in [0.4, 0.5) is 0 Å². The standard InChI is InChI=1S/C8H10N2OS/c1-2-3-4-5-7(11)8-6-9-10-12-8/h2,6H,1,3-5H2. The van der Waals surface area contributed by atoms with Crippen LogP contribution in [-0.2, 0) is 0 Å². The third-order valence-electron chi connectivity index (χ3n) is 1.45. The molecule has 0 atom stereocenters. The molecule has 0 bridgehead atoms. The second-order valence-electron chi connectivity index (χ2n) is 2.39. The lowest BCUT2D eigenvalue weighted by molar-refractivity contribution is 0.0984. The summed E-state index contributed by atoms with van der Waals surface area (Å²) in [6.45, 7) is 3.59. The first-order chi connectivity index (χ1) is 5.84. The fraction of sp³-hybridized carbons (Fsp3) is 0.375. The van der Waals surface area contributed by atoms with E-state index in [4.69, 9.17) is 0 Å². The second kappa shape index (κ2) is 4.77. The Labute approximate surface area is 75.3 Å². The molecule has 0 aromatic carbocycles. The molecule has 0 aliphatic carbocycles. The van der Waals surface area contributed by atoms with E-state index in [1.807, 2.05) is 6.08 Å². The van der Waals surface area contributed by atoms with E-state index in [9.17, 15) is 4.79 Å². The number of unbranched alkanes of at least 4 members (excludes halogenated alkanes) is 1. The number of ketones is 1. The number of allylic oxidation sites excluding steroid dienone is 1. The first kappa shape index (κ1) is 9.06. The minimum Gasteiger partial charge on any atom is -0.293 e. The van der Waals surface area contributed by atoms with E-state index in [0.29, 0.717) is 11.3 Å². The van der Waals surface area contributed by atoms with Crippen molar-refractivity contribution in [2.75, 3.05) is 0 Å². The Morgan fingerprint density at radius 3 is 3.17 bits per heavy atom. The van der Waals surface area contributed by atoms with Crippen molar-refractivity contribution < 1.29 is 4.79 Å². The molecule has 1 aromatic heterocycles. The maximum atomic E-state index is 11.3. The van der Waals surface area contributed by atoms with Crippen LogP contribution in [0.15, 0.2) is 18.9 Å². The number of rotatable bonds is 5. The largest absolute Gasteiger partial charge is 0.293 e. The molecule has 0 unspecified atom stereocenters. The first-order valence-electron chi connectivity index (χ1n) is 3.76. The summed E-state index contributed by atoms with van der Waals surface area (Å²) in [4.78, 5) is 11.9. The Morgan fingerprint density at radius 1 is 1.75 bits per heavy atom. The SMILES string of the molecule is C=CCCCC(=O)c1cnns1. The molecule has 0 aliphatic rings. The first-order valence-corrected chi connectivity index (χ1v) is 4.53. The highest BCUT2D eigenvalue weighted by Gasteiger charge is 2.06. The van der Waals surface area contributed by atoms with Crippen LogP contribution in [0.5, 0.6) is 0 Å². The van der Waals surface area contributed by atoms with Gasteiger partial charge in [-0.3, -0.25) is 4.79 Å². The van der Waals surface area contributed by atoms with E-state index in [2.05, 4.69) is 16.2 Å². The van der Waals surface area contributed by atoms with Crippen LogP contribution >= 0.6 is 11.5 Å². The maximum Gasteiger partial charge on any atom is 0.176 e. The van der Waals surface area contributed by atoms with Gasteiger partial charge in [0, 0.05) is 6.42 Å². The van der Waals surface area contributed by atoms with E-state index in [-0.39, 0.29) is 5.78 Å². The lowest BCUT2D eigenvalue weighted by Crippen LogP contribution is -1.94. The van der Waals surface area contributed by atoms with Gasteiger partial charge in [0.25, 0.3) is 0 Å². The van der Waals surface area contributed by atoms with E-state index >= 15 is 0 Å². The van der Waals surface area contributed by atoms with Crippen LogP contribution in [0.3, 0.4) is 0 Å². The van der Waals surface area contributed by atoms with Gasteiger partial charge in [-0.05, 0) is 24.4 Å². The van der Waals surface area contributed by atoms with Gasteiger partial charge in [0.2, 0.25) is 0 Å². The predicted molar refractivity (Wildman–Crippen MR) is 48.3 cm³/mol. The molecule has 4 heteroatoms. The zero-order valence-electron chi connectivity index (χ0n) is 6.69. The van der Waals surface area contributed by atoms with Crippen molar-refractivity contribution in [3.8, 4) is 0 Å². The zero-order chi connectivity index (χ0) is 8.81. The number of carbonyl (C=O) groups is 1. The quantitative estimate of drug-likeness (QED) is 0.398. The smallest absolute Gasteiger partial charge is 0.176 e. The minimum absolute atomic E-state index is 0.131. The van der Waals surface area contributed by atoms with Gasteiger partial charge in [-0.25, -0.2) is 0 Å². The van der Waals surface area contributed by atoms with Crippen LogP contribution in [-0.4, -0.2) is 15.4 Å². The average Bonchev–Trinajstić information content (AvgIpc) is 2.56. The highest BCUT2D eigenvalue weighted by Crippen LogP contribution is 2.08. The molecule has 3 nitrogen and oxygen atoms in total. The molecule has 0 fully saturated rings.